The number of carbonyl (C=O) groups is 2. The average Bonchev–Trinajstić information content (AvgIpc) is 3.15. The summed E-state index contributed by atoms with van der Waals surface area (Å²) in [5, 5.41) is 20.3. The van der Waals surface area contributed by atoms with Gasteiger partial charge in [-0.2, -0.15) is 5.26 Å². The number of ether oxygens (including phenoxy) is 1. The van der Waals surface area contributed by atoms with Crippen LogP contribution in [0, 0.1) is 23.2 Å². The number of anilines is 1. The van der Waals surface area contributed by atoms with E-state index in [0.717, 1.165) is 0 Å². The number of hydrogen-bond acceptors (Lipinski definition) is 6. The van der Waals surface area contributed by atoms with Gasteiger partial charge in [0.1, 0.15) is 11.7 Å². The SMILES string of the molecule is C[C@@]12O[C@@](C)(C[C@H]1O)[C@@H]1C(=O)N(c3ccc(C#N)c4ncccc34)C(=O)[C@@H]12. The second-order valence-electron chi connectivity index (χ2n) is 7.93. The van der Waals surface area contributed by atoms with E-state index in [1.165, 1.54) is 4.90 Å². The molecule has 1 aromatic carbocycles. The van der Waals surface area contributed by atoms with E-state index in [1.807, 2.05) is 0 Å². The molecule has 5 rings (SSSR count). The van der Waals surface area contributed by atoms with Crippen LogP contribution in [0.25, 0.3) is 10.9 Å². The Kier molecular flexibility index (Phi) is 2.98. The van der Waals surface area contributed by atoms with Crippen LogP contribution in [0.1, 0.15) is 25.8 Å². The number of benzene rings is 1. The molecule has 27 heavy (non-hydrogen) atoms. The maximum Gasteiger partial charge on any atom is 0.240 e. The fourth-order valence-electron chi connectivity index (χ4n) is 5.20. The highest BCUT2D eigenvalue weighted by molar-refractivity contribution is 6.26. The molecule has 3 aliphatic heterocycles. The van der Waals surface area contributed by atoms with Gasteiger partial charge in [0.05, 0.1) is 40.3 Å². The molecule has 3 fully saturated rings. The number of amides is 2. The monoisotopic (exact) mass is 363 g/mol. The van der Waals surface area contributed by atoms with E-state index in [9.17, 15) is 20.0 Å². The fourth-order valence-corrected chi connectivity index (χ4v) is 5.20. The minimum absolute atomic E-state index is 0.321. The van der Waals surface area contributed by atoms with Crippen LogP contribution >= 0.6 is 0 Å². The molecule has 0 aliphatic carbocycles. The summed E-state index contributed by atoms with van der Waals surface area (Å²) < 4.78 is 6.00. The molecule has 2 amide bonds. The van der Waals surface area contributed by atoms with Crippen LogP contribution in [-0.2, 0) is 14.3 Å². The van der Waals surface area contributed by atoms with E-state index >= 15 is 0 Å². The minimum atomic E-state index is -1.07. The molecular formula is C20H17N3O4. The number of fused-ring (bicyclic) bond motifs is 6. The van der Waals surface area contributed by atoms with Crippen molar-refractivity contribution >= 4 is 28.4 Å². The summed E-state index contributed by atoms with van der Waals surface area (Å²) in [6.45, 7) is 3.50. The van der Waals surface area contributed by atoms with Gasteiger partial charge in [0.2, 0.25) is 11.8 Å². The molecule has 0 spiro atoms. The van der Waals surface area contributed by atoms with Crippen LogP contribution in [0.15, 0.2) is 30.5 Å². The maximum absolute atomic E-state index is 13.3. The average molecular weight is 363 g/mol. The Labute approximate surface area is 155 Å². The molecule has 4 heterocycles. The summed E-state index contributed by atoms with van der Waals surface area (Å²) in [7, 11) is 0. The van der Waals surface area contributed by atoms with Gasteiger partial charge >= 0.3 is 0 Å². The Morgan fingerprint density at radius 3 is 2.74 bits per heavy atom. The van der Waals surface area contributed by atoms with Crippen molar-refractivity contribution in [3.8, 4) is 6.07 Å². The van der Waals surface area contributed by atoms with E-state index < -0.39 is 29.1 Å². The summed E-state index contributed by atoms with van der Waals surface area (Å²) in [4.78, 5) is 32.0. The predicted molar refractivity (Wildman–Crippen MR) is 94.4 cm³/mol. The van der Waals surface area contributed by atoms with Crippen LogP contribution in [0.5, 0.6) is 0 Å². The lowest BCUT2D eigenvalue weighted by molar-refractivity contribution is -0.132. The molecule has 2 bridgehead atoms. The fraction of sp³-hybridized carbons (Fsp3) is 0.400. The molecule has 2 aromatic rings. The van der Waals surface area contributed by atoms with Crippen molar-refractivity contribution in [2.45, 2.75) is 37.6 Å². The van der Waals surface area contributed by atoms with Crippen LogP contribution < -0.4 is 4.90 Å². The number of nitrogens with zero attached hydrogens (tertiary/aromatic N) is 3. The molecule has 0 radical (unpaired) electrons. The Balaban J connectivity index is 1.69. The topological polar surface area (TPSA) is 104 Å². The van der Waals surface area contributed by atoms with Crippen molar-refractivity contribution < 1.29 is 19.4 Å². The van der Waals surface area contributed by atoms with Gasteiger partial charge in [-0.3, -0.25) is 14.6 Å². The summed E-state index contributed by atoms with van der Waals surface area (Å²) >= 11 is 0. The number of aliphatic hydroxyl groups is 1. The second kappa shape index (κ2) is 4.91. The number of hydrogen-bond donors (Lipinski definition) is 1. The number of nitriles is 1. The van der Waals surface area contributed by atoms with Crippen LogP contribution in [0.3, 0.4) is 0 Å². The molecular weight excluding hydrogens is 346 g/mol. The molecule has 1 aromatic heterocycles. The molecule has 7 nitrogen and oxygen atoms in total. The zero-order valence-electron chi connectivity index (χ0n) is 14.8. The molecule has 3 saturated heterocycles. The Bertz CT molecular complexity index is 1080. The lowest BCUT2D eigenvalue weighted by Crippen LogP contribution is -2.49. The Morgan fingerprint density at radius 1 is 1.26 bits per heavy atom. The maximum atomic E-state index is 13.3. The van der Waals surface area contributed by atoms with Gasteiger partial charge in [-0.15, -0.1) is 0 Å². The first-order valence-corrected chi connectivity index (χ1v) is 8.86. The van der Waals surface area contributed by atoms with E-state index in [2.05, 4.69) is 11.1 Å². The first kappa shape index (κ1) is 16.4. The van der Waals surface area contributed by atoms with E-state index in [4.69, 9.17) is 4.74 Å². The highest BCUT2D eigenvalue weighted by Crippen LogP contribution is 2.61. The van der Waals surface area contributed by atoms with Crippen LogP contribution in [-0.4, -0.2) is 39.2 Å². The molecule has 5 atom stereocenters. The second-order valence-corrected chi connectivity index (χ2v) is 7.93. The third-order valence-electron chi connectivity index (χ3n) is 6.40. The van der Waals surface area contributed by atoms with E-state index in [-0.39, 0.29) is 11.8 Å². The summed E-state index contributed by atoms with van der Waals surface area (Å²) in [6, 6.07) is 8.73. The number of pyridine rings is 1. The summed E-state index contributed by atoms with van der Waals surface area (Å²) in [5.41, 5.74) is -0.677. The van der Waals surface area contributed by atoms with Gasteiger partial charge in [-0.05, 0) is 38.1 Å². The molecule has 0 saturated carbocycles. The Morgan fingerprint density at radius 2 is 2.00 bits per heavy atom. The lowest BCUT2D eigenvalue weighted by atomic mass is 9.67. The largest absolute Gasteiger partial charge is 0.390 e. The van der Waals surface area contributed by atoms with Gasteiger partial charge in [0.25, 0.3) is 0 Å². The normalized spacial score (nSPS) is 37.1. The van der Waals surface area contributed by atoms with Crippen molar-refractivity contribution in [2.24, 2.45) is 11.8 Å². The van der Waals surface area contributed by atoms with E-state index in [0.29, 0.717) is 28.6 Å². The van der Waals surface area contributed by atoms with Crippen molar-refractivity contribution in [3.63, 3.8) is 0 Å². The Hall–Kier alpha value is -2.82. The van der Waals surface area contributed by atoms with Crippen molar-refractivity contribution in [3.05, 3.63) is 36.0 Å². The smallest absolute Gasteiger partial charge is 0.240 e. The van der Waals surface area contributed by atoms with Crippen molar-refractivity contribution in [1.82, 2.24) is 4.98 Å². The molecule has 3 aliphatic rings. The zero-order chi connectivity index (χ0) is 19.1. The summed E-state index contributed by atoms with van der Waals surface area (Å²) in [6.07, 6.45) is 1.11. The number of aromatic nitrogens is 1. The van der Waals surface area contributed by atoms with Crippen LogP contribution in [0.2, 0.25) is 0 Å². The third kappa shape index (κ3) is 1.79. The van der Waals surface area contributed by atoms with Crippen molar-refractivity contribution in [1.29, 1.82) is 5.26 Å². The van der Waals surface area contributed by atoms with Crippen LogP contribution in [0.4, 0.5) is 5.69 Å². The number of aliphatic hydroxyl groups excluding tert-OH is 1. The first-order chi connectivity index (χ1) is 12.8. The predicted octanol–water partition coefficient (Wildman–Crippen LogP) is 1.52. The lowest BCUT2D eigenvalue weighted by Gasteiger charge is -2.31. The number of rotatable bonds is 1. The molecule has 136 valence electrons. The highest BCUT2D eigenvalue weighted by Gasteiger charge is 2.75. The first-order valence-electron chi connectivity index (χ1n) is 8.86. The van der Waals surface area contributed by atoms with Gasteiger partial charge in [0, 0.05) is 18.0 Å². The minimum Gasteiger partial charge on any atom is -0.390 e. The molecule has 1 N–H and O–H groups in total. The third-order valence-corrected chi connectivity index (χ3v) is 6.40. The van der Waals surface area contributed by atoms with Gasteiger partial charge in [-0.1, -0.05) is 0 Å². The quantitative estimate of drug-likeness (QED) is 0.771. The van der Waals surface area contributed by atoms with Gasteiger partial charge in [0.15, 0.2) is 0 Å². The molecule has 0 unspecified atom stereocenters. The zero-order valence-corrected chi connectivity index (χ0v) is 14.8. The van der Waals surface area contributed by atoms with E-state index in [1.54, 1.807) is 44.3 Å². The highest BCUT2D eigenvalue weighted by atomic mass is 16.6. The van der Waals surface area contributed by atoms with Gasteiger partial charge < -0.3 is 9.84 Å². The number of carbonyl (C=O) groups excluding carboxylic acids is 2. The summed E-state index contributed by atoms with van der Waals surface area (Å²) in [5.74, 6) is -2.04. The van der Waals surface area contributed by atoms with Crippen molar-refractivity contribution in [2.75, 3.05) is 4.90 Å². The standard InChI is InChI=1S/C20H17N3O4/c1-19-8-13(24)20(2,27-19)15-14(19)17(25)23(18(15)26)12-6-5-10(9-21)16-11(12)4-3-7-22-16/h3-7,13-15,24H,8H2,1-2H3/t13-,14+,15-,19+,20-/m1/s1. The number of imide groups is 1. The van der Waals surface area contributed by atoms with Gasteiger partial charge in [-0.25, -0.2) is 4.90 Å². The molecule has 7 heteroatoms.